The number of halogens is 5. The highest BCUT2D eigenvalue weighted by Crippen LogP contribution is 2.26. The fourth-order valence-electron chi connectivity index (χ4n) is 3.66. The maximum absolute atomic E-state index is 14.1. The molecule has 0 bridgehead atoms. The molecule has 2 amide bonds. The molecule has 4 N–H and O–H groups in total. The largest absolute Gasteiger partial charge is 0.490 e. The number of aromatic nitrogens is 2. The van der Waals surface area contributed by atoms with Gasteiger partial charge in [0.25, 0.3) is 5.91 Å². The zero-order valence-corrected chi connectivity index (χ0v) is 20.5. The van der Waals surface area contributed by atoms with Crippen molar-refractivity contribution in [1.29, 1.82) is 0 Å². The molecule has 1 fully saturated rings. The van der Waals surface area contributed by atoms with Crippen molar-refractivity contribution < 1.29 is 42.2 Å². The SMILES string of the molecule is O=C(Nc1ccc2[nH]ncc2c1)C1CCN(C(=O)C(O)c2ccc(Br)cc2F)CC1.O=C(O)C(F)(F)F. The summed E-state index contributed by atoms with van der Waals surface area (Å²) in [4.78, 5) is 35.6. The number of carboxylic acid groups (broad SMARTS) is 1. The molecule has 2 aromatic carbocycles. The summed E-state index contributed by atoms with van der Waals surface area (Å²) in [5, 5.41) is 28.1. The molecule has 0 spiro atoms. The van der Waals surface area contributed by atoms with Crippen molar-refractivity contribution in [1.82, 2.24) is 15.1 Å². The number of fused-ring (bicyclic) bond motifs is 1. The van der Waals surface area contributed by atoms with Gasteiger partial charge in [-0.3, -0.25) is 14.7 Å². The summed E-state index contributed by atoms with van der Waals surface area (Å²) >= 11 is 3.15. The topological polar surface area (TPSA) is 136 Å². The third kappa shape index (κ3) is 7.26. The minimum atomic E-state index is -5.08. The Hall–Kier alpha value is -3.52. The molecule has 1 unspecified atom stereocenters. The van der Waals surface area contributed by atoms with E-state index in [1.54, 1.807) is 18.3 Å². The number of likely N-dealkylation sites (tertiary alicyclic amines) is 1. The van der Waals surface area contributed by atoms with Crippen molar-refractivity contribution in [3.8, 4) is 0 Å². The van der Waals surface area contributed by atoms with Gasteiger partial charge < -0.3 is 20.4 Å². The predicted molar refractivity (Wildman–Crippen MR) is 127 cm³/mol. The van der Waals surface area contributed by atoms with E-state index in [2.05, 4.69) is 31.4 Å². The van der Waals surface area contributed by atoms with Gasteiger partial charge in [0.15, 0.2) is 6.10 Å². The number of benzene rings is 2. The van der Waals surface area contributed by atoms with Crippen LogP contribution >= 0.6 is 15.9 Å². The molecule has 0 radical (unpaired) electrons. The Labute approximate surface area is 215 Å². The summed E-state index contributed by atoms with van der Waals surface area (Å²) in [5.74, 6) is -4.30. The number of aliphatic hydroxyl groups excluding tert-OH is 1. The molecule has 4 rings (SSSR count). The third-order valence-electron chi connectivity index (χ3n) is 5.62. The molecule has 1 aromatic heterocycles. The van der Waals surface area contributed by atoms with Crippen molar-refractivity contribution in [3.05, 3.63) is 58.4 Å². The molecule has 14 heteroatoms. The van der Waals surface area contributed by atoms with Gasteiger partial charge in [-0.2, -0.15) is 18.3 Å². The van der Waals surface area contributed by atoms with E-state index in [-0.39, 0.29) is 17.4 Å². The first kappa shape index (κ1) is 28.1. The Morgan fingerprint density at radius 2 is 1.78 bits per heavy atom. The average Bonchev–Trinajstić information content (AvgIpc) is 3.31. The molecule has 1 aliphatic rings. The summed E-state index contributed by atoms with van der Waals surface area (Å²) in [5.41, 5.74) is 1.52. The number of hydrogen-bond donors (Lipinski definition) is 4. The van der Waals surface area contributed by atoms with E-state index in [0.717, 1.165) is 10.9 Å². The maximum Gasteiger partial charge on any atom is 0.490 e. The smallest absolute Gasteiger partial charge is 0.475 e. The lowest BCUT2D eigenvalue weighted by Gasteiger charge is -2.32. The van der Waals surface area contributed by atoms with Gasteiger partial charge in [0.2, 0.25) is 5.91 Å². The van der Waals surface area contributed by atoms with Crippen LogP contribution in [0.4, 0.5) is 23.2 Å². The number of carboxylic acids is 1. The summed E-state index contributed by atoms with van der Waals surface area (Å²) in [6.07, 6.45) is -4.01. The molecule has 1 atom stereocenters. The average molecular weight is 589 g/mol. The van der Waals surface area contributed by atoms with Crippen LogP contribution in [0, 0.1) is 11.7 Å². The molecule has 0 aliphatic carbocycles. The standard InChI is InChI=1S/C21H20BrFN4O3.C2HF3O2/c22-14-1-3-16(17(23)10-14)19(28)21(30)27-7-5-12(6-8-27)20(29)25-15-2-4-18-13(9-15)11-24-26-18;3-2(4,5)1(6)7/h1-4,9-12,19,28H,5-8H2,(H,24,26)(H,25,29);(H,6,7). The van der Waals surface area contributed by atoms with E-state index in [9.17, 15) is 32.3 Å². The fraction of sp³-hybridized carbons (Fsp3) is 0.304. The number of alkyl halides is 3. The molecule has 3 aromatic rings. The Morgan fingerprint density at radius 1 is 1.14 bits per heavy atom. The Balaban J connectivity index is 0.000000479. The van der Waals surface area contributed by atoms with Gasteiger partial charge in [0.1, 0.15) is 5.82 Å². The van der Waals surface area contributed by atoms with Crippen molar-refractivity contribution in [2.75, 3.05) is 18.4 Å². The predicted octanol–water partition coefficient (Wildman–Crippen LogP) is 4.01. The second-order valence-electron chi connectivity index (χ2n) is 8.13. The second-order valence-corrected chi connectivity index (χ2v) is 9.05. The Kier molecular flexibility index (Phi) is 8.86. The van der Waals surface area contributed by atoms with Gasteiger partial charge in [0.05, 0.1) is 11.7 Å². The van der Waals surface area contributed by atoms with Gasteiger partial charge >= 0.3 is 12.1 Å². The molecule has 1 aliphatic heterocycles. The summed E-state index contributed by atoms with van der Waals surface area (Å²) in [6, 6.07) is 9.68. The molecule has 198 valence electrons. The zero-order chi connectivity index (χ0) is 27.3. The number of nitrogens with zero attached hydrogens (tertiary/aromatic N) is 2. The number of amides is 2. The van der Waals surface area contributed by atoms with Crippen LogP contribution < -0.4 is 5.32 Å². The van der Waals surface area contributed by atoms with Crippen molar-refractivity contribution in [2.45, 2.75) is 25.1 Å². The van der Waals surface area contributed by atoms with Crippen LogP contribution in [0.15, 0.2) is 47.1 Å². The summed E-state index contributed by atoms with van der Waals surface area (Å²) in [6.45, 7) is 0.653. The number of rotatable bonds is 4. The first-order valence-corrected chi connectivity index (χ1v) is 11.6. The van der Waals surface area contributed by atoms with E-state index in [1.165, 1.54) is 17.0 Å². The lowest BCUT2D eigenvalue weighted by atomic mass is 9.95. The number of H-pyrrole nitrogens is 1. The van der Waals surface area contributed by atoms with E-state index in [4.69, 9.17) is 9.90 Å². The zero-order valence-electron chi connectivity index (χ0n) is 18.9. The van der Waals surface area contributed by atoms with Gasteiger partial charge in [-0.1, -0.05) is 22.0 Å². The first-order valence-electron chi connectivity index (χ1n) is 10.8. The summed E-state index contributed by atoms with van der Waals surface area (Å²) in [7, 11) is 0. The van der Waals surface area contributed by atoms with E-state index < -0.39 is 30.0 Å². The lowest BCUT2D eigenvalue weighted by Crippen LogP contribution is -2.43. The highest BCUT2D eigenvalue weighted by molar-refractivity contribution is 9.10. The molecule has 9 nitrogen and oxygen atoms in total. The van der Waals surface area contributed by atoms with E-state index >= 15 is 0 Å². The van der Waals surface area contributed by atoms with Crippen molar-refractivity contribution in [2.24, 2.45) is 5.92 Å². The van der Waals surface area contributed by atoms with Crippen LogP contribution in [0.2, 0.25) is 0 Å². The number of aromatic amines is 1. The van der Waals surface area contributed by atoms with Crippen LogP contribution in [0.3, 0.4) is 0 Å². The highest BCUT2D eigenvalue weighted by Gasteiger charge is 2.38. The normalized spacial score (nSPS) is 15.0. The lowest BCUT2D eigenvalue weighted by molar-refractivity contribution is -0.192. The Bertz CT molecular complexity index is 1290. The van der Waals surface area contributed by atoms with E-state index in [1.807, 2.05) is 12.1 Å². The number of aliphatic carboxylic acids is 1. The maximum atomic E-state index is 14.1. The van der Waals surface area contributed by atoms with Crippen LogP contribution in [0.25, 0.3) is 10.9 Å². The highest BCUT2D eigenvalue weighted by atomic mass is 79.9. The van der Waals surface area contributed by atoms with Crippen molar-refractivity contribution in [3.63, 3.8) is 0 Å². The van der Waals surface area contributed by atoms with Crippen LogP contribution in [-0.2, 0) is 14.4 Å². The van der Waals surface area contributed by atoms with Gasteiger partial charge in [-0.15, -0.1) is 0 Å². The number of carbonyl (C=O) groups is 3. The first-order chi connectivity index (χ1) is 17.4. The molecular weight excluding hydrogens is 568 g/mol. The summed E-state index contributed by atoms with van der Waals surface area (Å²) < 4.78 is 46.3. The minimum Gasteiger partial charge on any atom is -0.475 e. The minimum absolute atomic E-state index is 0.0577. The number of piperidine rings is 1. The molecule has 0 saturated carbocycles. The van der Waals surface area contributed by atoms with Gasteiger partial charge in [-0.25, -0.2) is 9.18 Å². The molecular formula is C23H21BrF4N4O5. The van der Waals surface area contributed by atoms with Gasteiger partial charge in [-0.05, 0) is 43.2 Å². The van der Waals surface area contributed by atoms with Crippen molar-refractivity contribution >= 4 is 50.3 Å². The number of carbonyl (C=O) groups excluding carboxylic acids is 2. The van der Waals surface area contributed by atoms with Crippen LogP contribution in [0.5, 0.6) is 0 Å². The second kappa shape index (κ2) is 11.7. The number of nitrogens with one attached hydrogen (secondary N) is 2. The third-order valence-corrected chi connectivity index (χ3v) is 6.11. The molecule has 37 heavy (non-hydrogen) atoms. The van der Waals surface area contributed by atoms with Crippen LogP contribution in [-0.4, -0.2) is 62.4 Å². The molecule has 1 saturated heterocycles. The van der Waals surface area contributed by atoms with Crippen LogP contribution in [0.1, 0.15) is 24.5 Å². The Morgan fingerprint density at radius 3 is 2.38 bits per heavy atom. The quantitative estimate of drug-likeness (QED) is 0.340. The number of anilines is 1. The van der Waals surface area contributed by atoms with E-state index in [0.29, 0.717) is 36.1 Å². The van der Waals surface area contributed by atoms with Gasteiger partial charge in [0, 0.05) is 40.1 Å². The number of hydrogen-bond acceptors (Lipinski definition) is 5. The molecule has 2 heterocycles. The fourth-order valence-corrected chi connectivity index (χ4v) is 3.99. The number of aliphatic hydroxyl groups is 1. The monoisotopic (exact) mass is 588 g/mol.